The summed E-state index contributed by atoms with van der Waals surface area (Å²) >= 11 is 0. The molecule has 0 atom stereocenters. The smallest absolute Gasteiger partial charge is 0.255 e. The van der Waals surface area contributed by atoms with E-state index in [1.54, 1.807) is 30.3 Å². The number of carbonyl (C=O) groups excluding carboxylic acids is 1. The van der Waals surface area contributed by atoms with Crippen molar-refractivity contribution in [1.29, 1.82) is 0 Å². The van der Waals surface area contributed by atoms with E-state index in [1.165, 1.54) is 0 Å². The maximum Gasteiger partial charge on any atom is 0.255 e. The summed E-state index contributed by atoms with van der Waals surface area (Å²) in [7, 11) is 0. The van der Waals surface area contributed by atoms with E-state index >= 15 is 0 Å². The van der Waals surface area contributed by atoms with Gasteiger partial charge in [-0.3, -0.25) is 4.79 Å². The molecule has 23 heavy (non-hydrogen) atoms. The zero-order valence-electron chi connectivity index (χ0n) is 12.8. The summed E-state index contributed by atoms with van der Waals surface area (Å²) in [5.74, 6) is 0.288. The second-order valence-corrected chi connectivity index (χ2v) is 4.83. The molecular formula is C17H20N2O4. The van der Waals surface area contributed by atoms with Crippen LogP contribution in [0.3, 0.4) is 0 Å². The summed E-state index contributed by atoms with van der Waals surface area (Å²) < 4.78 is 5.46. The van der Waals surface area contributed by atoms with Crippen LogP contribution in [0.25, 0.3) is 0 Å². The number of rotatable bonds is 7. The number of benzene rings is 2. The number of aliphatic hydroxyl groups excluding tert-OH is 1. The molecule has 0 radical (unpaired) electrons. The molecule has 0 heterocycles. The second-order valence-electron chi connectivity index (χ2n) is 4.83. The highest BCUT2D eigenvalue weighted by atomic mass is 16.5. The molecule has 0 spiro atoms. The van der Waals surface area contributed by atoms with Crippen molar-refractivity contribution < 1.29 is 19.7 Å². The van der Waals surface area contributed by atoms with Crippen molar-refractivity contribution in [1.82, 2.24) is 0 Å². The summed E-state index contributed by atoms with van der Waals surface area (Å²) in [6.07, 6.45) is -1.49. The highest BCUT2D eigenvalue weighted by Crippen LogP contribution is 2.26. The molecule has 2 aromatic carbocycles. The fraction of sp³-hybridized carbons (Fsp3) is 0.235. The van der Waals surface area contributed by atoms with Gasteiger partial charge in [-0.1, -0.05) is 18.2 Å². The maximum absolute atomic E-state index is 12.3. The van der Waals surface area contributed by atoms with Gasteiger partial charge >= 0.3 is 0 Å². The molecule has 0 aliphatic rings. The van der Waals surface area contributed by atoms with E-state index in [-0.39, 0.29) is 12.5 Å². The maximum atomic E-state index is 12.3. The summed E-state index contributed by atoms with van der Waals surface area (Å²) in [5, 5.41) is 23.6. The van der Waals surface area contributed by atoms with Crippen LogP contribution in [0, 0.1) is 0 Å². The Morgan fingerprint density at radius 3 is 2.57 bits per heavy atom. The fourth-order valence-corrected chi connectivity index (χ4v) is 2.02. The van der Waals surface area contributed by atoms with Gasteiger partial charge in [0.15, 0.2) is 6.29 Å². The molecule has 0 unspecified atom stereocenters. The molecule has 0 fully saturated rings. The second kappa shape index (κ2) is 8.17. The molecule has 2 rings (SSSR count). The van der Waals surface area contributed by atoms with Crippen molar-refractivity contribution >= 4 is 17.3 Å². The van der Waals surface area contributed by atoms with Gasteiger partial charge < -0.3 is 25.6 Å². The van der Waals surface area contributed by atoms with Crippen LogP contribution in [-0.2, 0) is 0 Å². The Hall–Kier alpha value is -2.57. The minimum absolute atomic E-state index is 0.0656. The van der Waals surface area contributed by atoms with Gasteiger partial charge in [0.2, 0.25) is 0 Å². The van der Waals surface area contributed by atoms with Crippen molar-refractivity contribution in [2.45, 2.75) is 13.2 Å². The SMILES string of the molecule is CCOc1ccc(C(=O)Nc2ccccc2)cc1NCC(O)O. The molecule has 0 bridgehead atoms. The number of nitrogens with one attached hydrogen (secondary N) is 2. The van der Waals surface area contributed by atoms with Crippen LogP contribution in [0.2, 0.25) is 0 Å². The minimum Gasteiger partial charge on any atom is -0.492 e. The molecule has 0 aliphatic heterocycles. The van der Waals surface area contributed by atoms with Crippen LogP contribution in [-0.4, -0.2) is 35.6 Å². The Bertz CT molecular complexity index is 644. The lowest BCUT2D eigenvalue weighted by Gasteiger charge is -2.14. The summed E-state index contributed by atoms with van der Waals surface area (Å²) in [4.78, 5) is 12.3. The van der Waals surface area contributed by atoms with Gasteiger partial charge in [-0.15, -0.1) is 0 Å². The van der Waals surface area contributed by atoms with Crippen molar-refractivity contribution in [3.63, 3.8) is 0 Å². The third-order valence-corrected chi connectivity index (χ3v) is 3.05. The Morgan fingerprint density at radius 2 is 1.91 bits per heavy atom. The van der Waals surface area contributed by atoms with Crippen molar-refractivity contribution in [3.05, 3.63) is 54.1 Å². The number of anilines is 2. The normalized spacial score (nSPS) is 10.4. The van der Waals surface area contributed by atoms with Crippen molar-refractivity contribution in [2.24, 2.45) is 0 Å². The highest BCUT2D eigenvalue weighted by molar-refractivity contribution is 6.05. The third kappa shape index (κ3) is 4.98. The number of aliphatic hydroxyl groups is 2. The quantitative estimate of drug-likeness (QED) is 0.587. The predicted molar refractivity (Wildman–Crippen MR) is 88.7 cm³/mol. The van der Waals surface area contributed by atoms with Crippen molar-refractivity contribution in [3.8, 4) is 5.75 Å². The lowest BCUT2D eigenvalue weighted by molar-refractivity contribution is -0.0276. The summed E-state index contributed by atoms with van der Waals surface area (Å²) in [6, 6.07) is 14.1. The number of amides is 1. The molecule has 6 nitrogen and oxygen atoms in total. The van der Waals surface area contributed by atoms with E-state index in [0.717, 1.165) is 0 Å². The van der Waals surface area contributed by atoms with Crippen molar-refractivity contribution in [2.75, 3.05) is 23.8 Å². The Balaban J connectivity index is 2.17. The molecule has 0 saturated carbocycles. The van der Waals surface area contributed by atoms with E-state index in [4.69, 9.17) is 14.9 Å². The fourth-order valence-electron chi connectivity index (χ4n) is 2.02. The van der Waals surface area contributed by atoms with E-state index in [2.05, 4.69) is 10.6 Å². The van der Waals surface area contributed by atoms with E-state index in [9.17, 15) is 4.79 Å². The number of carbonyl (C=O) groups is 1. The van der Waals surface area contributed by atoms with Crippen LogP contribution < -0.4 is 15.4 Å². The van der Waals surface area contributed by atoms with Gasteiger partial charge in [-0.05, 0) is 37.3 Å². The predicted octanol–water partition coefficient (Wildman–Crippen LogP) is 2.06. The molecular weight excluding hydrogens is 296 g/mol. The molecule has 2 aromatic rings. The van der Waals surface area contributed by atoms with Gasteiger partial charge in [0.25, 0.3) is 5.91 Å². The Labute approximate surface area is 134 Å². The topological polar surface area (TPSA) is 90.8 Å². The van der Waals surface area contributed by atoms with E-state index < -0.39 is 6.29 Å². The minimum atomic E-state index is -1.49. The molecule has 6 heteroatoms. The molecule has 0 saturated heterocycles. The monoisotopic (exact) mass is 316 g/mol. The summed E-state index contributed by atoms with van der Waals surface area (Å²) in [5.41, 5.74) is 1.67. The van der Waals surface area contributed by atoms with Crippen LogP contribution in [0.1, 0.15) is 17.3 Å². The van der Waals surface area contributed by atoms with Gasteiger partial charge in [0, 0.05) is 11.3 Å². The van der Waals surface area contributed by atoms with Gasteiger partial charge in [-0.25, -0.2) is 0 Å². The average molecular weight is 316 g/mol. The first-order valence-corrected chi connectivity index (χ1v) is 7.33. The first kappa shape index (κ1) is 16.8. The first-order chi connectivity index (χ1) is 11.1. The van der Waals surface area contributed by atoms with Crippen LogP contribution in [0.4, 0.5) is 11.4 Å². The van der Waals surface area contributed by atoms with Crippen LogP contribution in [0.15, 0.2) is 48.5 Å². The third-order valence-electron chi connectivity index (χ3n) is 3.05. The Morgan fingerprint density at radius 1 is 1.17 bits per heavy atom. The lowest BCUT2D eigenvalue weighted by Crippen LogP contribution is -2.19. The molecule has 4 N–H and O–H groups in total. The first-order valence-electron chi connectivity index (χ1n) is 7.33. The Kier molecular flexibility index (Phi) is 5.96. The zero-order chi connectivity index (χ0) is 16.7. The largest absolute Gasteiger partial charge is 0.492 e. The van der Waals surface area contributed by atoms with Crippen LogP contribution in [0.5, 0.6) is 5.75 Å². The lowest BCUT2D eigenvalue weighted by atomic mass is 10.1. The van der Waals surface area contributed by atoms with E-state index in [1.807, 2.05) is 25.1 Å². The number of hydrogen-bond acceptors (Lipinski definition) is 5. The number of hydrogen-bond donors (Lipinski definition) is 4. The van der Waals surface area contributed by atoms with Gasteiger partial charge in [0.05, 0.1) is 18.8 Å². The zero-order valence-corrected chi connectivity index (χ0v) is 12.8. The van der Waals surface area contributed by atoms with E-state index in [0.29, 0.717) is 29.3 Å². The number of ether oxygens (including phenoxy) is 1. The molecule has 0 aromatic heterocycles. The molecule has 0 aliphatic carbocycles. The molecule has 122 valence electrons. The van der Waals surface area contributed by atoms with Crippen LogP contribution >= 0.6 is 0 Å². The van der Waals surface area contributed by atoms with Gasteiger partial charge in [0.1, 0.15) is 5.75 Å². The standard InChI is InChI=1S/C17H20N2O4/c1-2-23-15-9-8-12(10-14(15)18-11-16(20)21)17(22)19-13-6-4-3-5-7-13/h3-10,16,18,20-21H,2,11H2,1H3,(H,19,22). The highest BCUT2D eigenvalue weighted by Gasteiger charge is 2.11. The molecule has 1 amide bonds. The van der Waals surface area contributed by atoms with Gasteiger partial charge in [-0.2, -0.15) is 0 Å². The summed E-state index contributed by atoms with van der Waals surface area (Å²) in [6.45, 7) is 2.25. The number of para-hydroxylation sites is 1. The average Bonchev–Trinajstić information content (AvgIpc) is 2.55.